The van der Waals surface area contributed by atoms with Gasteiger partial charge in [0.2, 0.25) is 5.88 Å². The summed E-state index contributed by atoms with van der Waals surface area (Å²) in [6, 6.07) is 5.78. The quantitative estimate of drug-likeness (QED) is 0.942. The van der Waals surface area contributed by atoms with Gasteiger partial charge in [0.15, 0.2) is 0 Å². The highest BCUT2D eigenvalue weighted by Crippen LogP contribution is 2.23. The zero-order valence-corrected chi connectivity index (χ0v) is 10.2. The summed E-state index contributed by atoms with van der Waals surface area (Å²) < 4.78 is 6.34. The van der Waals surface area contributed by atoms with Crippen molar-refractivity contribution in [3.05, 3.63) is 39.1 Å². The smallest absolute Gasteiger partial charge is 0.237 e. The topological polar surface area (TPSA) is 48.1 Å². The second kappa shape index (κ2) is 4.63. The maximum absolute atomic E-state index is 5.75. The zero-order valence-electron chi connectivity index (χ0n) is 7.81. The van der Waals surface area contributed by atoms with Gasteiger partial charge in [0.1, 0.15) is 6.61 Å². The second-order valence-corrected chi connectivity index (χ2v) is 4.86. The van der Waals surface area contributed by atoms with Gasteiger partial charge in [-0.05, 0) is 33.4 Å². The second-order valence-electron chi connectivity index (χ2n) is 2.92. The minimum absolute atomic E-state index is 0.478. The molecule has 2 heterocycles. The molecule has 78 valence electrons. The predicted molar refractivity (Wildman–Crippen MR) is 65.0 cm³/mol. The first-order valence-corrected chi connectivity index (χ1v) is 5.99. The molecule has 0 radical (unpaired) electrons. The first kappa shape index (κ1) is 10.4. The summed E-state index contributed by atoms with van der Waals surface area (Å²) in [5.74, 6) is 0.478. The maximum atomic E-state index is 5.75. The number of hydrogen-bond donors (Lipinski definition) is 1. The number of hydrogen-bond acceptors (Lipinski definition) is 4. The SMILES string of the molecule is Nc1cc(Br)cnc1OCc1cccs1. The lowest BCUT2D eigenvalue weighted by atomic mass is 10.4. The highest BCUT2D eigenvalue weighted by Gasteiger charge is 2.03. The Morgan fingerprint density at radius 1 is 1.53 bits per heavy atom. The van der Waals surface area contributed by atoms with E-state index >= 15 is 0 Å². The molecular formula is C10H9BrN2OS. The van der Waals surface area contributed by atoms with E-state index in [9.17, 15) is 0 Å². The van der Waals surface area contributed by atoms with E-state index in [1.807, 2.05) is 17.5 Å². The molecule has 5 heteroatoms. The summed E-state index contributed by atoms with van der Waals surface area (Å²) in [5, 5.41) is 2.01. The lowest BCUT2D eigenvalue weighted by molar-refractivity contribution is 0.299. The predicted octanol–water partition coefficient (Wildman–Crippen LogP) is 3.07. The molecule has 0 amide bonds. The van der Waals surface area contributed by atoms with E-state index in [4.69, 9.17) is 10.5 Å². The van der Waals surface area contributed by atoms with Gasteiger partial charge < -0.3 is 10.5 Å². The summed E-state index contributed by atoms with van der Waals surface area (Å²) in [6.45, 7) is 0.510. The van der Waals surface area contributed by atoms with E-state index in [1.165, 1.54) is 0 Å². The van der Waals surface area contributed by atoms with Crippen molar-refractivity contribution in [2.24, 2.45) is 0 Å². The largest absolute Gasteiger partial charge is 0.470 e. The summed E-state index contributed by atoms with van der Waals surface area (Å²) >= 11 is 4.94. The average molecular weight is 285 g/mol. The van der Waals surface area contributed by atoms with Gasteiger partial charge in [-0.1, -0.05) is 6.07 Å². The Bertz CT molecular complexity index is 445. The molecule has 0 aliphatic heterocycles. The van der Waals surface area contributed by atoms with Crippen LogP contribution in [0.4, 0.5) is 5.69 Å². The fraction of sp³-hybridized carbons (Fsp3) is 0.100. The molecule has 0 atom stereocenters. The molecule has 0 unspecified atom stereocenters. The number of halogens is 1. The minimum atomic E-state index is 0.478. The van der Waals surface area contributed by atoms with Crippen LogP contribution in [0.15, 0.2) is 34.2 Å². The average Bonchev–Trinajstić information content (AvgIpc) is 2.69. The van der Waals surface area contributed by atoms with E-state index in [1.54, 1.807) is 23.6 Å². The molecule has 0 saturated heterocycles. The van der Waals surface area contributed by atoms with E-state index in [0.29, 0.717) is 18.2 Å². The molecule has 2 N–H and O–H groups in total. The number of anilines is 1. The summed E-state index contributed by atoms with van der Waals surface area (Å²) in [5.41, 5.74) is 6.29. The molecule has 2 aromatic heterocycles. The molecule has 0 bridgehead atoms. The lowest BCUT2D eigenvalue weighted by Crippen LogP contribution is -1.99. The van der Waals surface area contributed by atoms with Gasteiger partial charge >= 0.3 is 0 Å². The van der Waals surface area contributed by atoms with E-state index < -0.39 is 0 Å². The van der Waals surface area contributed by atoms with Gasteiger partial charge in [-0.3, -0.25) is 0 Å². The molecule has 2 rings (SSSR count). The van der Waals surface area contributed by atoms with Crippen LogP contribution >= 0.6 is 27.3 Å². The van der Waals surface area contributed by atoms with E-state index in [0.717, 1.165) is 9.35 Å². The Hall–Kier alpha value is -1.07. The van der Waals surface area contributed by atoms with Gasteiger partial charge in [-0.15, -0.1) is 11.3 Å². The number of pyridine rings is 1. The van der Waals surface area contributed by atoms with Crippen molar-refractivity contribution >= 4 is 33.0 Å². The highest BCUT2D eigenvalue weighted by atomic mass is 79.9. The third-order valence-corrected chi connectivity index (χ3v) is 3.06. The minimum Gasteiger partial charge on any atom is -0.470 e. The first-order chi connectivity index (χ1) is 7.25. The molecular weight excluding hydrogens is 276 g/mol. The van der Waals surface area contributed by atoms with Crippen LogP contribution in [-0.4, -0.2) is 4.98 Å². The van der Waals surface area contributed by atoms with Crippen molar-refractivity contribution in [1.29, 1.82) is 0 Å². The number of aromatic nitrogens is 1. The van der Waals surface area contributed by atoms with Crippen molar-refractivity contribution in [1.82, 2.24) is 4.98 Å². The van der Waals surface area contributed by atoms with Crippen molar-refractivity contribution < 1.29 is 4.74 Å². The van der Waals surface area contributed by atoms with Crippen molar-refractivity contribution in [3.8, 4) is 5.88 Å². The standard InChI is InChI=1S/C10H9BrN2OS/c11-7-4-9(12)10(13-5-7)14-6-8-2-1-3-15-8/h1-5H,6,12H2. The molecule has 0 saturated carbocycles. The van der Waals surface area contributed by atoms with Crippen LogP contribution in [-0.2, 0) is 6.61 Å². The molecule has 0 aliphatic rings. The van der Waals surface area contributed by atoms with Crippen molar-refractivity contribution in [2.75, 3.05) is 5.73 Å². The first-order valence-electron chi connectivity index (χ1n) is 4.32. The van der Waals surface area contributed by atoms with Gasteiger partial charge in [-0.2, -0.15) is 0 Å². The Labute approximate surface area is 100 Å². The monoisotopic (exact) mass is 284 g/mol. The van der Waals surface area contributed by atoms with Gasteiger partial charge in [0, 0.05) is 15.5 Å². The Morgan fingerprint density at radius 2 is 2.40 bits per heavy atom. The van der Waals surface area contributed by atoms with Crippen LogP contribution in [0, 0.1) is 0 Å². The molecule has 0 fully saturated rings. The molecule has 3 nitrogen and oxygen atoms in total. The molecule has 0 aromatic carbocycles. The molecule has 2 aromatic rings. The fourth-order valence-electron chi connectivity index (χ4n) is 1.10. The van der Waals surface area contributed by atoms with E-state index in [2.05, 4.69) is 20.9 Å². The Balaban J connectivity index is 2.05. The molecule has 0 aliphatic carbocycles. The third-order valence-electron chi connectivity index (χ3n) is 1.78. The van der Waals surface area contributed by atoms with Crippen LogP contribution < -0.4 is 10.5 Å². The van der Waals surface area contributed by atoms with Crippen molar-refractivity contribution in [3.63, 3.8) is 0 Å². The maximum Gasteiger partial charge on any atom is 0.237 e. The molecule has 15 heavy (non-hydrogen) atoms. The summed E-state index contributed by atoms with van der Waals surface area (Å²) in [6.07, 6.45) is 1.67. The van der Waals surface area contributed by atoms with Crippen LogP contribution in [0.25, 0.3) is 0 Å². The van der Waals surface area contributed by atoms with Crippen LogP contribution in [0.1, 0.15) is 4.88 Å². The van der Waals surface area contributed by atoms with Crippen LogP contribution in [0.2, 0.25) is 0 Å². The number of ether oxygens (including phenoxy) is 1. The fourth-order valence-corrected chi connectivity index (χ4v) is 2.06. The van der Waals surface area contributed by atoms with Crippen LogP contribution in [0.5, 0.6) is 5.88 Å². The summed E-state index contributed by atoms with van der Waals surface area (Å²) in [4.78, 5) is 5.24. The summed E-state index contributed by atoms with van der Waals surface area (Å²) in [7, 11) is 0. The normalized spacial score (nSPS) is 10.2. The lowest BCUT2D eigenvalue weighted by Gasteiger charge is -2.06. The van der Waals surface area contributed by atoms with Gasteiger partial charge in [-0.25, -0.2) is 4.98 Å². The zero-order chi connectivity index (χ0) is 10.7. The van der Waals surface area contributed by atoms with E-state index in [-0.39, 0.29) is 0 Å². The number of nitrogens with zero attached hydrogens (tertiary/aromatic N) is 1. The number of rotatable bonds is 3. The number of nitrogens with two attached hydrogens (primary N) is 1. The van der Waals surface area contributed by atoms with Crippen LogP contribution in [0.3, 0.4) is 0 Å². The van der Waals surface area contributed by atoms with Gasteiger partial charge in [0.05, 0.1) is 5.69 Å². The van der Waals surface area contributed by atoms with Crippen molar-refractivity contribution in [2.45, 2.75) is 6.61 Å². The Morgan fingerprint density at radius 3 is 3.07 bits per heavy atom. The third kappa shape index (κ3) is 2.70. The Kier molecular flexibility index (Phi) is 3.23. The molecule has 0 spiro atoms. The number of nitrogen functional groups attached to an aromatic ring is 1. The highest BCUT2D eigenvalue weighted by molar-refractivity contribution is 9.10. The van der Waals surface area contributed by atoms with Gasteiger partial charge in [0.25, 0.3) is 0 Å². The number of thiophene rings is 1.